The highest BCUT2D eigenvalue weighted by Gasteiger charge is 2.43. The van der Waals surface area contributed by atoms with Crippen molar-refractivity contribution in [1.29, 1.82) is 0 Å². The predicted molar refractivity (Wildman–Crippen MR) is 108 cm³/mol. The van der Waals surface area contributed by atoms with Crippen molar-refractivity contribution in [3.05, 3.63) is 71.5 Å². The molecule has 0 unspecified atom stereocenters. The van der Waals surface area contributed by atoms with Crippen LogP contribution in [0, 0.1) is 6.92 Å². The molecule has 1 spiro atoms. The van der Waals surface area contributed by atoms with E-state index in [0.717, 1.165) is 31.7 Å². The molecule has 0 bridgehead atoms. The van der Waals surface area contributed by atoms with Crippen molar-refractivity contribution in [3.8, 4) is 0 Å². The highest BCUT2D eigenvalue weighted by Crippen LogP contribution is 2.42. The minimum atomic E-state index is -0.0629. The molecule has 1 saturated heterocycles. The molecule has 1 aromatic carbocycles. The van der Waals surface area contributed by atoms with Crippen LogP contribution in [-0.2, 0) is 12.0 Å². The fourth-order valence-electron chi connectivity index (χ4n) is 4.71. The second kappa shape index (κ2) is 6.99. The number of aromatic nitrogens is 3. The van der Waals surface area contributed by atoms with Crippen LogP contribution >= 0.6 is 0 Å². The Morgan fingerprint density at radius 1 is 1.17 bits per heavy atom. The van der Waals surface area contributed by atoms with Gasteiger partial charge in [-0.2, -0.15) is 0 Å². The molecule has 148 valence electrons. The lowest BCUT2D eigenvalue weighted by Crippen LogP contribution is -2.53. The Balaban J connectivity index is 1.43. The van der Waals surface area contributed by atoms with Crippen LogP contribution in [0.1, 0.15) is 40.2 Å². The SMILES string of the molecule is Cc1cc(C(=O)N2Cc3ccccc3C3(CCN(c4cnccn4)CC3)C2)no1. The van der Waals surface area contributed by atoms with Crippen molar-refractivity contribution in [2.75, 3.05) is 24.5 Å². The van der Waals surface area contributed by atoms with E-state index >= 15 is 0 Å². The molecule has 2 aliphatic rings. The summed E-state index contributed by atoms with van der Waals surface area (Å²) in [7, 11) is 0. The number of carbonyl (C=O) groups excluding carboxylic acids is 1. The van der Waals surface area contributed by atoms with Crippen LogP contribution in [0.4, 0.5) is 5.82 Å². The summed E-state index contributed by atoms with van der Waals surface area (Å²) in [5.41, 5.74) is 2.93. The van der Waals surface area contributed by atoms with E-state index in [9.17, 15) is 4.79 Å². The first-order valence-electron chi connectivity index (χ1n) is 9.97. The molecule has 0 radical (unpaired) electrons. The van der Waals surface area contributed by atoms with Crippen molar-refractivity contribution in [2.24, 2.45) is 0 Å². The Hall–Kier alpha value is -3.22. The third-order valence-corrected chi connectivity index (χ3v) is 6.17. The predicted octanol–water partition coefficient (Wildman–Crippen LogP) is 2.97. The Morgan fingerprint density at radius 3 is 2.72 bits per heavy atom. The van der Waals surface area contributed by atoms with Gasteiger partial charge in [0.1, 0.15) is 11.6 Å². The van der Waals surface area contributed by atoms with E-state index in [1.807, 2.05) is 11.1 Å². The van der Waals surface area contributed by atoms with E-state index in [0.29, 0.717) is 24.5 Å². The Morgan fingerprint density at radius 2 is 2.00 bits per heavy atom. The molecule has 7 heteroatoms. The quantitative estimate of drug-likeness (QED) is 0.671. The molecule has 2 aromatic heterocycles. The fourth-order valence-corrected chi connectivity index (χ4v) is 4.71. The molecule has 1 amide bonds. The molecule has 3 aromatic rings. The number of carbonyl (C=O) groups is 1. The van der Waals surface area contributed by atoms with E-state index in [-0.39, 0.29) is 11.3 Å². The first-order chi connectivity index (χ1) is 14.1. The first kappa shape index (κ1) is 17.8. The van der Waals surface area contributed by atoms with E-state index in [1.165, 1.54) is 11.1 Å². The molecule has 0 N–H and O–H groups in total. The van der Waals surface area contributed by atoms with Crippen molar-refractivity contribution in [1.82, 2.24) is 20.0 Å². The van der Waals surface area contributed by atoms with Gasteiger partial charge in [-0.3, -0.25) is 9.78 Å². The van der Waals surface area contributed by atoms with Gasteiger partial charge in [0, 0.05) is 50.1 Å². The van der Waals surface area contributed by atoms with Gasteiger partial charge < -0.3 is 14.3 Å². The lowest BCUT2D eigenvalue weighted by Gasteiger charge is -2.48. The third-order valence-electron chi connectivity index (χ3n) is 6.17. The Labute approximate surface area is 169 Å². The summed E-state index contributed by atoms with van der Waals surface area (Å²) in [4.78, 5) is 26.0. The number of benzene rings is 1. The maximum atomic E-state index is 13.1. The Kier molecular flexibility index (Phi) is 4.30. The van der Waals surface area contributed by atoms with Crippen LogP contribution in [0.3, 0.4) is 0 Å². The lowest BCUT2D eigenvalue weighted by atomic mass is 9.68. The average Bonchev–Trinajstić information content (AvgIpc) is 3.21. The summed E-state index contributed by atoms with van der Waals surface area (Å²) in [5, 5.41) is 3.94. The number of fused-ring (bicyclic) bond motifs is 2. The van der Waals surface area contributed by atoms with Gasteiger partial charge in [0.05, 0.1) is 6.20 Å². The fraction of sp³-hybridized carbons (Fsp3) is 0.364. The van der Waals surface area contributed by atoms with Crippen molar-refractivity contribution in [3.63, 3.8) is 0 Å². The largest absolute Gasteiger partial charge is 0.361 e. The second-order valence-electron chi connectivity index (χ2n) is 7.97. The van der Waals surface area contributed by atoms with Crippen LogP contribution in [-0.4, -0.2) is 45.6 Å². The van der Waals surface area contributed by atoms with Gasteiger partial charge in [-0.25, -0.2) is 4.98 Å². The Bertz CT molecular complexity index is 1020. The number of nitrogens with zero attached hydrogens (tertiary/aromatic N) is 5. The number of piperidine rings is 1. The smallest absolute Gasteiger partial charge is 0.276 e. The summed E-state index contributed by atoms with van der Waals surface area (Å²) < 4.78 is 5.13. The van der Waals surface area contributed by atoms with E-state index in [2.05, 4.69) is 44.3 Å². The van der Waals surface area contributed by atoms with E-state index in [4.69, 9.17) is 4.52 Å². The molecule has 0 aliphatic carbocycles. The molecular weight excluding hydrogens is 366 g/mol. The minimum absolute atomic E-state index is 0.0536. The number of anilines is 1. The van der Waals surface area contributed by atoms with Gasteiger partial charge in [0.2, 0.25) is 0 Å². The van der Waals surface area contributed by atoms with Crippen LogP contribution in [0.25, 0.3) is 0 Å². The van der Waals surface area contributed by atoms with Gasteiger partial charge in [0.15, 0.2) is 5.69 Å². The molecule has 7 nitrogen and oxygen atoms in total. The molecule has 29 heavy (non-hydrogen) atoms. The van der Waals surface area contributed by atoms with Crippen molar-refractivity contribution < 1.29 is 9.32 Å². The van der Waals surface area contributed by atoms with Gasteiger partial charge in [-0.15, -0.1) is 0 Å². The number of aryl methyl sites for hydroxylation is 1. The van der Waals surface area contributed by atoms with Gasteiger partial charge in [-0.05, 0) is 30.9 Å². The van der Waals surface area contributed by atoms with Crippen molar-refractivity contribution >= 4 is 11.7 Å². The highest BCUT2D eigenvalue weighted by molar-refractivity contribution is 5.92. The monoisotopic (exact) mass is 389 g/mol. The molecule has 0 atom stereocenters. The number of hydrogen-bond acceptors (Lipinski definition) is 6. The normalized spacial score (nSPS) is 18.0. The second-order valence-corrected chi connectivity index (χ2v) is 7.97. The third kappa shape index (κ3) is 3.16. The molecular formula is C22H23N5O2. The molecule has 2 aliphatic heterocycles. The van der Waals surface area contributed by atoms with Gasteiger partial charge >= 0.3 is 0 Å². The lowest BCUT2D eigenvalue weighted by molar-refractivity contribution is 0.0637. The number of rotatable bonds is 2. The molecule has 1 fully saturated rings. The summed E-state index contributed by atoms with van der Waals surface area (Å²) in [6, 6.07) is 10.2. The molecule has 0 saturated carbocycles. The van der Waals surface area contributed by atoms with Crippen LogP contribution < -0.4 is 4.90 Å². The van der Waals surface area contributed by atoms with Gasteiger partial charge in [0.25, 0.3) is 5.91 Å². The zero-order chi connectivity index (χ0) is 19.8. The van der Waals surface area contributed by atoms with Crippen LogP contribution in [0.2, 0.25) is 0 Å². The average molecular weight is 389 g/mol. The molecule has 5 rings (SSSR count). The van der Waals surface area contributed by atoms with Crippen LogP contribution in [0.15, 0.2) is 53.4 Å². The van der Waals surface area contributed by atoms with Gasteiger partial charge in [-0.1, -0.05) is 29.4 Å². The summed E-state index contributed by atoms with van der Waals surface area (Å²) in [6.07, 6.45) is 7.16. The minimum Gasteiger partial charge on any atom is -0.361 e. The summed E-state index contributed by atoms with van der Waals surface area (Å²) in [6.45, 7) is 4.88. The maximum Gasteiger partial charge on any atom is 0.276 e. The maximum absolute atomic E-state index is 13.1. The zero-order valence-corrected chi connectivity index (χ0v) is 16.4. The number of hydrogen-bond donors (Lipinski definition) is 0. The summed E-state index contributed by atoms with van der Waals surface area (Å²) in [5.74, 6) is 1.50. The molecule has 4 heterocycles. The van der Waals surface area contributed by atoms with Crippen molar-refractivity contribution in [2.45, 2.75) is 31.7 Å². The van der Waals surface area contributed by atoms with E-state index in [1.54, 1.807) is 25.4 Å². The first-order valence-corrected chi connectivity index (χ1v) is 9.97. The summed E-state index contributed by atoms with van der Waals surface area (Å²) >= 11 is 0. The highest BCUT2D eigenvalue weighted by atomic mass is 16.5. The number of amides is 1. The van der Waals surface area contributed by atoms with Crippen LogP contribution in [0.5, 0.6) is 0 Å². The standard InChI is InChI=1S/C22H23N5O2/c1-16-12-19(25-29-16)21(28)27-14-17-4-2-3-5-18(17)22(15-27)6-10-26(11-7-22)20-13-23-8-9-24-20/h2-5,8-9,12-13H,6-7,10-11,14-15H2,1H3. The zero-order valence-electron chi connectivity index (χ0n) is 16.4. The topological polar surface area (TPSA) is 75.4 Å². The van der Waals surface area contributed by atoms with E-state index < -0.39 is 0 Å².